The van der Waals surface area contributed by atoms with Crippen LogP contribution in [0, 0.1) is 0 Å². The van der Waals surface area contributed by atoms with Crippen molar-refractivity contribution < 1.29 is 10.0 Å². The van der Waals surface area contributed by atoms with Crippen LogP contribution in [-0.2, 0) is 0 Å². The van der Waals surface area contributed by atoms with Crippen LogP contribution in [0.5, 0.6) is 0 Å². The first-order valence-corrected chi connectivity index (χ1v) is 5.70. The van der Waals surface area contributed by atoms with E-state index in [2.05, 4.69) is 10.5 Å². The Morgan fingerprint density at radius 3 is 2.81 bits per heavy atom. The number of carbonyl (C=O) groups is 1. The van der Waals surface area contributed by atoms with Crippen molar-refractivity contribution in [3.8, 4) is 0 Å². The minimum absolute atomic E-state index is 0.0462. The molecule has 0 aromatic carbocycles. The van der Waals surface area contributed by atoms with Gasteiger partial charge in [-0.05, 0) is 19.3 Å². The van der Waals surface area contributed by atoms with Crippen LogP contribution in [0.4, 0.5) is 4.79 Å². The number of nitrogens with zero attached hydrogens (tertiary/aromatic N) is 2. The lowest BCUT2D eigenvalue weighted by Gasteiger charge is -2.22. The minimum atomic E-state index is -0.0462. The second kappa shape index (κ2) is 6.19. The van der Waals surface area contributed by atoms with Gasteiger partial charge in [0.2, 0.25) is 0 Å². The molecule has 1 fully saturated rings. The number of amidine groups is 1. The molecular formula is C10H20N4O2. The summed E-state index contributed by atoms with van der Waals surface area (Å²) in [5, 5.41) is 14.2. The van der Waals surface area contributed by atoms with E-state index in [0.717, 1.165) is 19.3 Å². The average Bonchev–Trinajstić information content (AvgIpc) is 3.10. The van der Waals surface area contributed by atoms with Crippen molar-refractivity contribution >= 4 is 11.9 Å². The molecule has 1 rings (SSSR count). The first kappa shape index (κ1) is 12.6. The number of nitrogens with two attached hydrogens (primary N) is 1. The van der Waals surface area contributed by atoms with E-state index in [1.807, 2.05) is 6.92 Å². The Hall–Kier alpha value is -1.46. The molecule has 1 aliphatic rings. The van der Waals surface area contributed by atoms with E-state index in [0.29, 0.717) is 25.6 Å². The fraction of sp³-hybridized carbons (Fsp3) is 0.800. The number of hydrogen-bond acceptors (Lipinski definition) is 3. The maximum Gasteiger partial charge on any atom is 0.317 e. The first-order valence-electron chi connectivity index (χ1n) is 5.70. The summed E-state index contributed by atoms with van der Waals surface area (Å²) in [6.07, 6.45) is 3.43. The molecule has 16 heavy (non-hydrogen) atoms. The zero-order chi connectivity index (χ0) is 12.0. The Labute approximate surface area is 95.5 Å². The highest BCUT2D eigenvalue weighted by Crippen LogP contribution is 2.26. The molecule has 0 unspecified atom stereocenters. The molecule has 0 radical (unpaired) electrons. The van der Waals surface area contributed by atoms with Crippen LogP contribution in [0.15, 0.2) is 5.16 Å². The van der Waals surface area contributed by atoms with Gasteiger partial charge in [0.25, 0.3) is 0 Å². The Morgan fingerprint density at radius 1 is 1.62 bits per heavy atom. The second-order valence-electron chi connectivity index (χ2n) is 4.00. The summed E-state index contributed by atoms with van der Waals surface area (Å²) >= 11 is 0. The SMILES string of the molecule is CCCNC(=O)N(CCC(N)=NO)C1CC1. The highest BCUT2D eigenvalue weighted by atomic mass is 16.4. The summed E-state index contributed by atoms with van der Waals surface area (Å²) in [6, 6.07) is 0.290. The summed E-state index contributed by atoms with van der Waals surface area (Å²) in [5.74, 6) is 0.161. The highest BCUT2D eigenvalue weighted by molar-refractivity contribution is 5.81. The molecule has 92 valence electrons. The van der Waals surface area contributed by atoms with Gasteiger partial charge in [0, 0.05) is 25.6 Å². The van der Waals surface area contributed by atoms with Crippen LogP contribution in [0.25, 0.3) is 0 Å². The summed E-state index contributed by atoms with van der Waals surface area (Å²) < 4.78 is 0. The molecule has 0 aliphatic heterocycles. The third-order valence-electron chi connectivity index (χ3n) is 2.51. The predicted molar refractivity (Wildman–Crippen MR) is 61.4 cm³/mol. The lowest BCUT2D eigenvalue weighted by Crippen LogP contribution is -2.43. The molecule has 1 saturated carbocycles. The molecule has 2 amide bonds. The van der Waals surface area contributed by atoms with Gasteiger partial charge >= 0.3 is 6.03 Å². The molecule has 0 spiro atoms. The number of nitrogens with one attached hydrogen (secondary N) is 1. The number of rotatable bonds is 6. The topological polar surface area (TPSA) is 91.0 Å². The van der Waals surface area contributed by atoms with E-state index >= 15 is 0 Å². The van der Waals surface area contributed by atoms with Crippen LogP contribution in [0.3, 0.4) is 0 Å². The zero-order valence-corrected chi connectivity index (χ0v) is 9.65. The Bertz CT molecular complexity index is 264. The van der Waals surface area contributed by atoms with Crippen LogP contribution in [0.2, 0.25) is 0 Å². The van der Waals surface area contributed by atoms with E-state index < -0.39 is 0 Å². The fourth-order valence-corrected chi connectivity index (χ4v) is 1.45. The second-order valence-corrected chi connectivity index (χ2v) is 4.00. The van der Waals surface area contributed by atoms with Gasteiger partial charge in [0.05, 0.1) is 0 Å². The van der Waals surface area contributed by atoms with Crippen LogP contribution >= 0.6 is 0 Å². The maximum absolute atomic E-state index is 11.8. The van der Waals surface area contributed by atoms with E-state index in [4.69, 9.17) is 10.9 Å². The van der Waals surface area contributed by atoms with Gasteiger partial charge in [-0.25, -0.2) is 4.79 Å². The lowest BCUT2D eigenvalue weighted by molar-refractivity contribution is 0.196. The molecule has 1 aliphatic carbocycles. The third-order valence-corrected chi connectivity index (χ3v) is 2.51. The Kier molecular flexibility index (Phi) is 4.88. The van der Waals surface area contributed by atoms with Gasteiger partial charge in [-0.2, -0.15) is 0 Å². The van der Waals surface area contributed by atoms with Gasteiger partial charge in [-0.3, -0.25) is 0 Å². The third kappa shape index (κ3) is 3.96. The number of oxime groups is 1. The maximum atomic E-state index is 11.8. The molecule has 6 nitrogen and oxygen atoms in total. The molecule has 4 N–H and O–H groups in total. The fourth-order valence-electron chi connectivity index (χ4n) is 1.45. The van der Waals surface area contributed by atoms with Crippen LogP contribution in [0.1, 0.15) is 32.6 Å². The zero-order valence-electron chi connectivity index (χ0n) is 9.65. The van der Waals surface area contributed by atoms with E-state index in [-0.39, 0.29) is 11.9 Å². The molecule has 0 aromatic heterocycles. The summed E-state index contributed by atoms with van der Waals surface area (Å²) in [4.78, 5) is 13.5. The quantitative estimate of drug-likeness (QED) is 0.270. The minimum Gasteiger partial charge on any atom is -0.409 e. The summed E-state index contributed by atoms with van der Waals surface area (Å²) in [6.45, 7) is 3.21. The summed E-state index contributed by atoms with van der Waals surface area (Å²) in [5.41, 5.74) is 5.38. The van der Waals surface area contributed by atoms with Gasteiger partial charge in [0.15, 0.2) is 0 Å². The van der Waals surface area contributed by atoms with E-state index in [1.54, 1.807) is 4.90 Å². The number of urea groups is 1. The van der Waals surface area contributed by atoms with E-state index in [1.165, 1.54) is 0 Å². The monoisotopic (exact) mass is 228 g/mol. The molecule has 0 saturated heterocycles. The Balaban J connectivity index is 2.38. The van der Waals surface area contributed by atoms with Crippen LogP contribution < -0.4 is 11.1 Å². The summed E-state index contributed by atoms with van der Waals surface area (Å²) in [7, 11) is 0. The molecule has 0 bridgehead atoms. The molecule has 0 heterocycles. The average molecular weight is 228 g/mol. The first-order chi connectivity index (χ1) is 7.69. The van der Waals surface area contributed by atoms with Gasteiger partial charge in [-0.1, -0.05) is 12.1 Å². The van der Waals surface area contributed by atoms with Gasteiger partial charge < -0.3 is 21.2 Å². The smallest absolute Gasteiger partial charge is 0.317 e. The largest absolute Gasteiger partial charge is 0.409 e. The molecular weight excluding hydrogens is 208 g/mol. The van der Waals surface area contributed by atoms with Crippen molar-refractivity contribution in [1.82, 2.24) is 10.2 Å². The van der Waals surface area contributed by atoms with Crippen LogP contribution in [-0.4, -0.2) is 41.1 Å². The van der Waals surface area contributed by atoms with Crippen molar-refractivity contribution in [2.45, 2.75) is 38.6 Å². The standard InChI is InChI=1S/C10H20N4O2/c1-2-6-12-10(15)14(8-3-4-8)7-5-9(11)13-16/h8,16H,2-7H2,1H3,(H2,11,13)(H,12,15). The van der Waals surface area contributed by atoms with Crippen molar-refractivity contribution in [2.75, 3.05) is 13.1 Å². The Morgan fingerprint density at radius 2 is 2.31 bits per heavy atom. The van der Waals surface area contributed by atoms with E-state index in [9.17, 15) is 4.79 Å². The predicted octanol–water partition coefficient (Wildman–Crippen LogP) is 0.707. The molecule has 0 aromatic rings. The molecule has 0 atom stereocenters. The van der Waals surface area contributed by atoms with Crippen molar-refractivity contribution in [1.29, 1.82) is 0 Å². The highest BCUT2D eigenvalue weighted by Gasteiger charge is 2.32. The lowest BCUT2D eigenvalue weighted by atomic mass is 10.3. The molecule has 6 heteroatoms. The van der Waals surface area contributed by atoms with Crippen molar-refractivity contribution in [2.24, 2.45) is 10.9 Å². The van der Waals surface area contributed by atoms with Crippen molar-refractivity contribution in [3.05, 3.63) is 0 Å². The van der Waals surface area contributed by atoms with Gasteiger partial charge in [-0.15, -0.1) is 0 Å². The number of amides is 2. The number of hydrogen-bond donors (Lipinski definition) is 3. The number of carbonyl (C=O) groups excluding carboxylic acids is 1. The normalized spacial score (nSPS) is 15.9. The van der Waals surface area contributed by atoms with Crippen molar-refractivity contribution in [3.63, 3.8) is 0 Å². The van der Waals surface area contributed by atoms with Gasteiger partial charge in [0.1, 0.15) is 5.84 Å².